The number of rotatable bonds is 3. The van der Waals surface area contributed by atoms with Gasteiger partial charge in [0.2, 0.25) is 0 Å². The number of furan rings is 1. The van der Waals surface area contributed by atoms with Crippen LogP contribution < -0.4 is 5.73 Å². The van der Waals surface area contributed by atoms with Gasteiger partial charge in [0.1, 0.15) is 0 Å². The van der Waals surface area contributed by atoms with E-state index in [0.717, 1.165) is 28.6 Å². The summed E-state index contributed by atoms with van der Waals surface area (Å²) in [6, 6.07) is 4.49. The number of nitrogens with two attached hydrogens (primary N) is 1. The Labute approximate surface area is 147 Å². The molecule has 0 saturated heterocycles. The summed E-state index contributed by atoms with van der Waals surface area (Å²) < 4.78 is 5.41. The minimum atomic E-state index is 0.116. The van der Waals surface area contributed by atoms with E-state index >= 15 is 0 Å². The Balaban J connectivity index is 2.06. The van der Waals surface area contributed by atoms with Gasteiger partial charge in [0.05, 0.1) is 24.2 Å². The van der Waals surface area contributed by atoms with Crippen molar-refractivity contribution in [2.75, 3.05) is 6.54 Å². The van der Waals surface area contributed by atoms with Gasteiger partial charge in [-0.25, -0.2) is 0 Å². The van der Waals surface area contributed by atoms with Crippen LogP contribution in [0, 0.1) is 0 Å². The SMILES string of the molecule is C=C/C=C\C1=C(C)C2C(=CN)C(=NCC)C1c1cc3cocc3cc12. The van der Waals surface area contributed by atoms with E-state index in [2.05, 4.69) is 38.6 Å². The normalized spacial score (nSPS) is 25.5. The van der Waals surface area contributed by atoms with Gasteiger partial charge in [0, 0.05) is 28.8 Å². The van der Waals surface area contributed by atoms with E-state index in [1.54, 1.807) is 6.20 Å². The monoisotopic (exact) mass is 330 g/mol. The molecule has 1 heterocycles. The molecule has 0 aliphatic heterocycles. The van der Waals surface area contributed by atoms with Crippen molar-refractivity contribution in [3.8, 4) is 0 Å². The first kappa shape index (κ1) is 15.7. The topological polar surface area (TPSA) is 51.5 Å². The van der Waals surface area contributed by atoms with Crippen molar-refractivity contribution >= 4 is 16.5 Å². The third-order valence-corrected chi connectivity index (χ3v) is 5.30. The second kappa shape index (κ2) is 5.92. The van der Waals surface area contributed by atoms with E-state index < -0.39 is 0 Å². The van der Waals surface area contributed by atoms with Crippen molar-refractivity contribution in [2.45, 2.75) is 25.7 Å². The molecule has 126 valence electrons. The van der Waals surface area contributed by atoms with Crippen LogP contribution in [0.15, 0.2) is 81.8 Å². The maximum absolute atomic E-state index is 6.05. The van der Waals surface area contributed by atoms with Crippen molar-refractivity contribution < 1.29 is 4.42 Å². The summed E-state index contributed by atoms with van der Waals surface area (Å²) in [6.07, 6.45) is 11.4. The molecule has 2 bridgehead atoms. The highest BCUT2D eigenvalue weighted by molar-refractivity contribution is 6.13. The average molecular weight is 330 g/mol. The number of hydrogen-bond acceptors (Lipinski definition) is 3. The lowest BCUT2D eigenvalue weighted by molar-refractivity contribution is 0.572. The first-order valence-electron chi connectivity index (χ1n) is 8.67. The highest BCUT2D eigenvalue weighted by Crippen LogP contribution is 2.54. The smallest absolute Gasteiger partial charge is 0.0981 e. The lowest BCUT2D eigenvalue weighted by Crippen LogP contribution is -2.35. The third-order valence-electron chi connectivity index (χ3n) is 5.30. The van der Waals surface area contributed by atoms with Crippen LogP contribution in [-0.2, 0) is 0 Å². The van der Waals surface area contributed by atoms with Crippen LogP contribution in [0.1, 0.15) is 36.8 Å². The zero-order chi connectivity index (χ0) is 17.6. The summed E-state index contributed by atoms with van der Waals surface area (Å²) in [6.45, 7) is 8.83. The molecule has 1 aromatic carbocycles. The maximum Gasteiger partial charge on any atom is 0.0981 e. The average Bonchev–Trinajstić information content (AvgIpc) is 3.07. The Hall–Kier alpha value is -2.81. The van der Waals surface area contributed by atoms with Crippen LogP contribution in [0.3, 0.4) is 0 Å². The van der Waals surface area contributed by atoms with Gasteiger partial charge in [0.25, 0.3) is 0 Å². The summed E-state index contributed by atoms with van der Waals surface area (Å²) >= 11 is 0. The standard InChI is InChI=1S/C22H22N2O/c1-4-6-7-16-13(3)20-17-8-14-11-25-12-15(14)9-18(17)21(16)22(24-5-2)19(20)10-23/h4,6-12,20-21H,1,5,23H2,2-3H3/b7-6-,19-10?,24-22?. The zero-order valence-corrected chi connectivity index (χ0v) is 14.6. The van der Waals surface area contributed by atoms with Crippen molar-refractivity contribution in [1.82, 2.24) is 0 Å². The fourth-order valence-electron chi connectivity index (χ4n) is 4.29. The van der Waals surface area contributed by atoms with E-state index in [1.165, 1.54) is 22.3 Å². The number of hydrogen-bond donors (Lipinski definition) is 1. The Kier molecular flexibility index (Phi) is 3.72. The molecular formula is C22H22N2O. The number of aliphatic imine (C=N–C) groups is 1. The minimum Gasteiger partial charge on any atom is -0.471 e. The zero-order valence-electron chi connectivity index (χ0n) is 14.6. The van der Waals surface area contributed by atoms with E-state index in [9.17, 15) is 0 Å². The summed E-state index contributed by atoms with van der Waals surface area (Å²) in [5.74, 6) is 0.268. The molecule has 0 saturated carbocycles. The van der Waals surface area contributed by atoms with E-state index in [-0.39, 0.29) is 11.8 Å². The van der Waals surface area contributed by atoms with Crippen LogP contribution in [-0.4, -0.2) is 12.3 Å². The predicted octanol–water partition coefficient (Wildman–Crippen LogP) is 4.99. The molecule has 5 rings (SSSR count). The quantitative estimate of drug-likeness (QED) is 0.806. The number of nitrogens with zero attached hydrogens (tertiary/aromatic N) is 1. The van der Waals surface area contributed by atoms with Crippen molar-refractivity contribution in [3.63, 3.8) is 0 Å². The van der Waals surface area contributed by atoms with Crippen LogP contribution in [0.25, 0.3) is 10.8 Å². The van der Waals surface area contributed by atoms with Crippen LogP contribution in [0.4, 0.5) is 0 Å². The van der Waals surface area contributed by atoms with E-state index in [4.69, 9.17) is 15.1 Å². The molecule has 3 aliphatic rings. The lowest BCUT2D eigenvalue weighted by atomic mass is 9.60. The summed E-state index contributed by atoms with van der Waals surface area (Å²) in [7, 11) is 0. The summed E-state index contributed by atoms with van der Waals surface area (Å²) in [5, 5.41) is 2.26. The van der Waals surface area contributed by atoms with Gasteiger partial charge < -0.3 is 10.2 Å². The van der Waals surface area contributed by atoms with Gasteiger partial charge in [-0.1, -0.05) is 30.4 Å². The highest BCUT2D eigenvalue weighted by Gasteiger charge is 2.44. The molecule has 0 radical (unpaired) electrons. The molecular weight excluding hydrogens is 308 g/mol. The third kappa shape index (κ3) is 2.15. The maximum atomic E-state index is 6.05. The Morgan fingerprint density at radius 1 is 1.20 bits per heavy atom. The second-order valence-electron chi connectivity index (χ2n) is 6.56. The molecule has 0 spiro atoms. The van der Waals surface area contributed by atoms with Crippen LogP contribution >= 0.6 is 0 Å². The van der Waals surface area contributed by atoms with Crippen molar-refractivity contribution in [3.05, 3.63) is 83.5 Å². The molecule has 3 heteroatoms. The van der Waals surface area contributed by atoms with Gasteiger partial charge in [-0.2, -0.15) is 0 Å². The predicted molar refractivity (Wildman–Crippen MR) is 104 cm³/mol. The number of fused-ring (bicyclic) bond motifs is 2. The molecule has 2 atom stereocenters. The molecule has 2 unspecified atom stereocenters. The molecule has 1 aromatic heterocycles. The van der Waals surface area contributed by atoms with Crippen molar-refractivity contribution in [2.24, 2.45) is 10.7 Å². The van der Waals surface area contributed by atoms with Crippen molar-refractivity contribution in [1.29, 1.82) is 0 Å². The summed E-state index contributed by atoms with van der Waals surface area (Å²) in [4.78, 5) is 4.83. The van der Waals surface area contributed by atoms with Gasteiger partial charge in [-0.15, -0.1) is 0 Å². The van der Waals surface area contributed by atoms with Gasteiger partial charge >= 0.3 is 0 Å². The molecule has 0 fully saturated rings. The van der Waals surface area contributed by atoms with Gasteiger partial charge in [-0.05, 0) is 48.9 Å². The Morgan fingerprint density at radius 2 is 1.88 bits per heavy atom. The molecule has 25 heavy (non-hydrogen) atoms. The Morgan fingerprint density at radius 3 is 2.48 bits per heavy atom. The fourth-order valence-corrected chi connectivity index (χ4v) is 4.29. The van der Waals surface area contributed by atoms with E-state index in [1.807, 2.05) is 24.7 Å². The first-order valence-corrected chi connectivity index (χ1v) is 8.67. The second-order valence-corrected chi connectivity index (χ2v) is 6.56. The first-order chi connectivity index (χ1) is 12.2. The van der Waals surface area contributed by atoms with Crippen LogP contribution in [0.5, 0.6) is 0 Å². The minimum absolute atomic E-state index is 0.116. The molecule has 2 aromatic rings. The number of benzene rings is 1. The molecule has 2 N–H and O–H groups in total. The van der Waals surface area contributed by atoms with Crippen LogP contribution in [0.2, 0.25) is 0 Å². The molecule has 0 amide bonds. The fraction of sp³-hybridized carbons (Fsp3) is 0.227. The number of allylic oxidation sites excluding steroid dienone is 6. The summed E-state index contributed by atoms with van der Waals surface area (Å²) in [5.41, 5.74) is 13.6. The largest absolute Gasteiger partial charge is 0.471 e. The lowest BCUT2D eigenvalue weighted by Gasteiger charge is -2.43. The Bertz CT molecular complexity index is 985. The molecule has 3 nitrogen and oxygen atoms in total. The van der Waals surface area contributed by atoms with E-state index in [0.29, 0.717) is 0 Å². The molecule has 3 aliphatic carbocycles. The van der Waals surface area contributed by atoms with Gasteiger partial charge in [0.15, 0.2) is 0 Å². The van der Waals surface area contributed by atoms with Gasteiger partial charge in [-0.3, -0.25) is 4.99 Å². The highest BCUT2D eigenvalue weighted by atomic mass is 16.3.